The van der Waals surface area contributed by atoms with Gasteiger partial charge in [-0.3, -0.25) is 0 Å². The predicted octanol–water partition coefficient (Wildman–Crippen LogP) is 1.03. The Labute approximate surface area is 112 Å². The van der Waals surface area contributed by atoms with Crippen LogP contribution in [-0.2, 0) is 5.60 Å². The van der Waals surface area contributed by atoms with E-state index in [2.05, 4.69) is 15.4 Å². The second-order valence-corrected chi connectivity index (χ2v) is 4.71. The number of nitrogens with zero attached hydrogens (tertiary/aromatic N) is 3. The molecule has 5 nitrogen and oxygen atoms in total. The molecule has 2 N–H and O–H groups in total. The zero-order valence-electron chi connectivity index (χ0n) is 10.3. The summed E-state index contributed by atoms with van der Waals surface area (Å²) < 4.78 is 1.72. The van der Waals surface area contributed by atoms with Gasteiger partial charge in [-0.1, -0.05) is 0 Å². The monoisotopic (exact) mass is 268 g/mol. The summed E-state index contributed by atoms with van der Waals surface area (Å²) in [5.74, 6) is 0. The van der Waals surface area contributed by atoms with Crippen molar-refractivity contribution in [2.24, 2.45) is 0 Å². The summed E-state index contributed by atoms with van der Waals surface area (Å²) >= 11 is 0. The maximum absolute atomic E-state index is 10.7. The first-order chi connectivity index (χ1) is 8.19. The van der Waals surface area contributed by atoms with Gasteiger partial charge in [-0.25, -0.2) is 9.50 Å². The minimum Gasteiger partial charge on any atom is -0.385 e. The topological polar surface area (TPSA) is 62.5 Å². The van der Waals surface area contributed by atoms with E-state index in [4.69, 9.17) is 0 Å². The van der Waals surface area contributed by atoms with Crippen LogP contribution >= 0.6 is 12.4 Å². The molecule has 0 unspecified atom stereocenters. The van der Waals surface area contributed by atoms with Crippen molar-refractivity contribution in [1.82, 2.24) is 19.9 Å². The van der Waals surface area contributed by atoms with Crippen LogP contribution in [0.5, 0.6) is 0 Å². The highest BCUT2D eigenvalue weighted by molar-refractivity contribution is 5.85. The Morgan fingerprint density at radius 2 is 2.11 bits per heavy atom. The summed E-state index contributed by atoms with van der Waals surface area (Å²) in [4.78, 5) is 4.15. The molecular weight excluding hydrogens is 252 g/mol. The third-order valence-corrected chi connectivity index (χ3v) is 3.55. The first kappa shape index (κ1) is 13.3. The standard InChI is InChI=1S/C12H16N4O.ClH/c1-9-6-11-14-8-15-16(11)7-10(9)12(17)2-4-13-5-3-12;/h6-8,13,17H,2-5H2,1H3;1H. The molecule has 3 rings (SSSR count). The van der Waals surface area contributed by atoms with Crippen LogP contribution in [0.3, 0.4) is 0 Å². The van der Waals surface area contributed by atoms with Gasteiger partial charge in [-0.2, -0.15) is 5.10 Å². The summed E-state index contributed by atoms with van der Waals surface area (Å²) in [6.07, 6.45) is 4.93. The van der Waals surface area contributed by atoms with Gasteiger partial charge < -0.3 is 10.4 Å². The first-order valence-corrected chi connectivity index (χ1v) is 5.93. The molecule has 3 heterocycles. The number of hydrogen-bond acceptors (Lipinski definition) is 4. The lowest BCUT2D eigenvalue weighted by Gasteiger charge is -2.34. The molecule has 98 valence electrons. The van der Waals surface area contributed by atoms with Gasteiger partial charge >= 0.3 is 0 Å². The Morgan fingerprint density at radius 3 is 2.83 bits per heavy atom. The van der Waals surface area contributed by atoms with E-state index < -0.39 is 5.60 Å². The number of aromatic nitrogens is 3. The lowest BCUT2D eigenvalue weighted by molar-refractivity contribution is 0.00495. The summed E-state index contributed by atoms with van der Waals surface area (Å²) in [7, 11) is 0. The molecule has 0 aromatic carbocycles. The Bertz CT molecular complexity index is 548. The van der Waals surface area contributed by atoms with Crippen LogP contribution in [0.25, 0.3) is 5.65 Å². The van der Waals surface area contributed by atoms with Crippen molar-refractivity contribution in [1.29, 1.82) is 0 Å². The highest BCUT2D eigenvalue weighted by atomic mass is 35.5. The summed E-state index contributed by atoms with van der Waals surface area (Å²) in [6.45, 7) is 3.72. The van der Waals surface area contributed by atoms with Gasteiger partial charge in [0.25, 0.3) is 0 Å². The van der Waals surface area contributed by atoms with E-state index in [0.717, 1.165) is 42.7 Å². The van der Waals surface area contributed by atoms with E-state index in [0.29, 0.717) is 0 Å². The van der Waals surface area contributed by atoms with Crippen LogP contribution in [-0.4, -0.2) is 32.8 Å². The SMILES string of the molecule is Cc1cc2ncnn2cc1C1(O)CCNCC1.Cl. The van der Waals surface area contributed by atoms with E-state index in [1.807, 2.05) is 19.2 Å². The fraction of sp³-hybridized carbons (Fsp3) is 0.500. The van der Waals surface area contributed by atoms with E-state index in [-0.39, 0.29) is 12.4 Å². The number of rotatable bonds is 1. The smallest absolute Gasteiger partial charge is 0.155 e. The van der Waals surface area contributed by atoms with Crippen LogP contribution in [0.4, 0.5) is 0 Å². The highest BCUT2D eigenvalue weighted by Gasteiger charge is 2.32. The van der Waals surface area contributed by atoms with Gasteiger partial charge in [0.15, 0.2) is 5.65 Å². The maximum Gasteiger partial charge on any atom is 0.155 e. The Hall–Kier alpha value is -1.17. The second kappa shape index (κ2) is 4.84. The molecule has 6 heteroatoms. The highest BCUT2D eigenvalue weighted by Crippen LogP contribution is 2.32. The zero-order valence-corrected chi connectivity index (χ0v) is 11.1. The molecule has 1 aliphatic heterocycles. The zero-order chi connectivity index (χ0) is 11.9. The largest absolute Gasteiger partial charge is 0.385 e. The number of hydrogen-bond donors (Lipinski definition) is 2. The molecule has 2 aromatic rings. The average Bonchev–Trinajstić information content (AvgIpc) is 2.76. The van der Waals surface area contributed by atoms with E-state index >= 15 is 0 Å². The number of halogens is 1. The predicted molar refractivity (Wildman–Crippen MR) is 71.0 cm³/mol. The third-order valence-electron chi connectivity index (χ3n) is 3.55. The second-order valence-electron chi connectivity index (χ2n) is 4.71. The molecule has 1 saturated heterocycles. The molecule has 18 heavy (non-hydrogen) atoms. The summed E-state index contributed by atoms with van der Waals surface area (Å²) in [5, 5.41) is 18.1. The Balaban J connectivity index is 0.00000120. The quantitative estimate of drug-likeness (QED) is 0.811. The lowest BCUT2D eigenvalue weighted by Crippen LogP contribution is -2.40. The van der Waals surface area contributed by atoms with Gasteiger partial charge in [0.05, 0.1) is 5.60 Å². The molecule has 0 amide bonds. The molecule has 2 aromatic heterocycles. The minimum atomic E-state index is -0.727. The van der Waals surface area contributed by atoms with Crippen LogP contribution in [0.15, 0.2) is 18.6 Å². The summed E-state index contributed by atoms with van der Waals surface area (Å²) in [5.41, 5.74) is 2.14. The van der Waals surface area contributed by atoms with Crippen LogP contribution < -0.4 is 5.32 Å². The molecule has 0 bridgehead atoms. The molecule has 0 atom stereocenters. The van der Waals surface area contributed by atoms with E-state index in [9.17, 15) is 5.11 Å². The van der Waals surface area contributed by atoms with Crippen LogP contribution in [0.2, 0.25) is 0 Å². The van der Waals surface area contributed by atoms with Gasteiger partial charge in [-0.15, -0.1) is 12.4 Å². The average molecular weight is 269 g/mol. The fourth-order valence-corrected chi connectivity index (χ4v) is 2.55. The molecule has 0 radical (unpaired) electrons. The van der Waals surface area contributed by atoms with Gasteiger partial charge in [0.1, 0.15) is 6.33 Å². The van der Waals surface area contributed by atoms with Gasteiger partial charge in [-0.05, 0) is 44.5 Å². The van der Waals surface area contributed by atoms with Crippen LogP contribution in [0, 0.1) is 6.92 Å². The maximum atomic E-state index is 10.7. The third kappa shape index (κ3) is 2.09. The van der Waals surface area contributed by atoms with Crippen molar-refractivity contribution in [2.45, 2.75) is 25.4 Å². The van der Waals surface area contributed by atoms with Crippen molar-refractivity contribution in [2.75, 3.05) is 13.1 Å². The normalized spacial score (nSPS) is 18.6. The van der Waals surface area contributed by atoms with Gasteiger partial charge in [0, 0.05) is 11.8 Å². The van der Waals surface area contributed by atoms with Crippen molar-refractivity contribution >= 4 is 18.1 Å². The minimum absolute atomic E-state index is 0. The van der Waals surface area contributed by atoms with Crippen molar-refractivity contribution in [3.8, 4) is 0 Å². The van der Waals surface area contributed by atoms with E-state index in [1.54, 1.807) is 4.52 Å². The molecule has 0 aliphatic carbocycles. The number of piperidine rings is 1. The molecule has 0 saturated carbocycles. The van der Waals surface area contributed by atoms with Crippen molar-refractivity contribution in [3.05, 3.63) is 29.7 Å². The van der Waals surface area contributed by atoms with E-state index in [1.165, 1.54) is 6.33 Å². The van der Waals surface area contributed by atoms with Crippen molar-refractivity contribution in [3.63, 3.8) is 0 Å². The number of aryl methyl sites for hydroxylation is 1. The number of pyridine rings is 1. The molecule has 1 aliphatic rings. The molecule has 0 spiro atoms. The van der Waals surface area contributed by atoms with Gasteiger partial charge in [0.2, 0.25) is 0 Å². The number of aliphatic hydroxyl groups is 1. The van der Waals surface area contributed by atoms with Crippen molar-refractivity contribution < 1.29 is 5.11 Å². The Morgan fingerprint density at radius 1 is 1.39 bits per heavy atom. The number of nitrogens with one attached hydrogen (secondary N) is 1. The number of fused-ring (bicyclic) bond motifs is 1. The first-order valence-electron chi connectivity index (χ1n) is 5.93. The van der Waals surface area contributed by atoms with Crippen LogP contribution in [0.1, 0.15) is 24.0 Å². The fourth-order valence-electron chi connectivity index (χ4n) is 2.55. The molecule has 1 fully saturated rings. The lowest BCUT2D eigenvalue weighted by atomic mass is 9.84. The molecular formula is C12H17ClN4O. The Kier molecular flexibility index (Phi) is 3.56. The summed E-state index contributed by atoms with van der Waals surface area (Å²) in [6, 6.07) is 1.97.